The Kier molecular flexibility index (Phi) is 6.16. The summed E-state index contributed by atoms with van der Waals surface area (Å²) >= 11 is 6.63. The van der Waals surface area contributed by atoms with Gasteiger partial charge >= 0.3 is 6.18 Å². The van der Waals surface area contributed by atoms with Gasteiger partial charge in [0.15, 0.2) is 0 Å². The molecule has 0 N–H and O–H groups in total. The van der Waals surface area contributed by atoms with Crippen LogP contribution < -0.4 is 4.31 Å². The average molecular weight is 387 g/mol. The number of halogens is 4. The van der Waals surface area contributed by atoms with Gasteiger partial charge in [0, 0.05) is 37.4 Å². The molecule has 1 heterocycles. The highest BCUT2D eigenvalue weighted by Crippen LogP contribution is 2.41. The maximum absolute atomic E-state index is 13.6. The summed E-state index contributed by atoms with van der Waals surface area (Å²) in [4.78, 5) is 3.91. The third kappa shape index (κ3) is 5.01. The zero-order valence-electron chi connectivity index (χ0n) is 13.3. The van der Waals surface area contributed by atoms with Crippen molar-refractivity contribution < 1.29 is 13.2 Å². The fourth-order valence-corrected chi connectivity index (χ4v) is 3.24. The van der Waals surface area contributed by atoms with Crippen molar-refractivity contribution in [3.05, 3.63) is 58.9 Å². The van der Waals surface area contributed by atoms with Crippen molar-refractivity contribution in [1.82, 2.24) is 9.29 Å². The van der Waals surface area contributed by atoms with Gasteiger partial charge in [0.2, 0.25) is 0 Å². The van der Waals surface area contributed by atoms with Gasteiger partial charge in [-0.25, -0.2) is 4.31 Å². The lowest BCUT2D eigenvalue weighted by Gasteiger charge is -2.32. The van der Waals surface area contributed by atoms with Gasteiger partial charge in [-0.05, 0) is 23.8 Å². The number of hydrogen-bond donors (Lipinski definition) is 0. The number of anilines is 1. The fourth-order valence-electron chi connectivity index (χ4n) is 2.20. The van der Waals surface area contributed by atoms with Crippen LogP contribution in [0, 0.1) is 11.3 Å². The summed E-state index contributed by atoms with van der Waals surface area (Å²) in [5, 5.41) is 9.28. The first kappa shape index (κ1) is 19.4. The highest BCUT2D eigenvalue weighted by Gasteiger charge is 2.44. The van der Waals surface area contributed by atoms with Gasteiger partial charge < -0.3 is 4.31 Å². The van der Waals surface area contributed by atoms with Gasteiger partial charge in [0.1, 0.15) is 12.1 Å². The van der Waals surface area contributed by atoms with Crippen molar-refractivity contribution in [3.8, 4) is 6.07 Å². The van der Waals surface area contributed by atoms with Gasteiger partial charge in [0.05, 0.1) is 17.4 Å². The molecule has 0 saturated carbocycles. The lowest BCUT2D eigenvalue weighted by molar-refractivity contribution is -0.169. The average Bonchev–Trinajstić information content (AvgIpc) is 2.55. The molecule has 2 rings (SSSR count). The Labute approximate surface area is 153 Å². The smallest absolute Gasteiger partial charge is 0.305 e. The third-order valence-electron chi connectivity index (χ3n) is 3.33. The SMILES string of the molecule is CN(SN(C)C(c1ccc(Cl)cc1)C(F)(F)F)c1cncc(C#N)c1. The van der Waals surface area contributed by atoms with Crippen LogP contribution in [0.25, 0.3) is 0 Å². The predicted octanol–water partition coefficient (Wildman–Crippen LogP) is 4.84. The maximum atomic E-state index is 13.6. The molecule has 0 spiro atoms. The van der Waals surface area contributed by atoms with Gasteiger partial charge in [-0.3, -0.25) is 4.98 Å². The van der Waals surface area contributed by atoms with E-state index in [9.17, 15) is 13.2 Å². The molecule has 0 aliphatic rings. The minimum atomic E-state index is -4.47. The van der Waals surface area contributed by atoms with E-state index in [1.165, 1.54) is 48.0 Å². The molecule has 2 aromatic rings. The van der Waals surface area contributed by atoms with E-state index < -0.39 is 12.2 Å². The van der Waals surface area contributed by atoms with Crippen molar-refractivity contribution in [2.75, 3.05) is 18.4 Å². The second-order valence-corrected chi connectivity index (χ2v) is 6.89. The molecule has 1 aromatic carbocycles. The minimum Gasteiger partial charge on any atom is -0.305 e. The third-order valence-corrected chi connectivity index (χ3v) is 4.50. The lowest BCUT2D eigenvalue weighted by Crippen LogP contribution is -2.34. The maximum Gasteiger partial charge on any atom is 0.409 e. The lowest BCUT2D eigenvalue weighted by atomic mass is 10.1. The van der Waals surface area contributed by atoms with E-state index in [0.717, 1.165) is 16.4 Å². The largest absolute Gasteiger partial charge is 0.409 e. The van der Waals surface area contributed by atoms with Crippen molar-refractivity contribution in [2.45, 2.75) is 12.2 Å². The van der Waals surface area contributed by atoms with E-state index in [-0.39, 0.29) is 5.56 Å². The summed E-state index contributed by atoms with van der Waals surface area (Å²) in [6, 6.07) is 7.26. The Balaban J connectivity index is 2.23. The first-order valence-electron chi connectivity index (χ1n) is 7.04. The molecule has 1 aromatic heterocycles. The molecule has 0 saturated heterocycles. The molecule has 9 heteroatoms. The number of pyridine rings is 1. The molecule has 25 heavy (non-hydrogen) atoms. The van der Waals surface area contributed by atoms with E-state index in [1.54, 1.807) is 13.1 Å². The summed E-state index contributed by atoms with van der Waals surface area (Å²) in [6.07, 6.45) is -1.60. The van der Waals surface area contributed by atoms with Crippen molar-refractivity contribution in [1.29, 1.82) is 5.26 Å². The van der Waals surface area contributed by atoms with Crippen LogP contribution in [0.15, 0.2) is 42.7 Å². The van der Waals surface area contributed by atoms with Crippen LogP contribution in [0.4, 0.5) is 18.9 Å². The van der Waals surface area contributed by atoms with Crippen LogP contribution in [0.1, 0.15) is 17.2 Å². The monoisotopic (exact) mass is 386 g/mol. The molecule has 0 bridgehead atoms. The van der Waals surface area contributed by atoms with Crippen LogP contribution in [-0.2, 0) is 0 Å². The van der Waals surface area contributed by atoms with Crippen molar-refractivity contribution >= 4 is 29.4 Å². The summed E-state index contributed by atoms with van der Waals surface area (Å²) in [7, 11) is 2.96. The molecule has 0 amide bonds. The number of benzene rings is 1. The summed E-state index contributed by atoms with van der Waals surface area (Å²) < 4.78 is 43.3. The van der Waals surface area contributed by atoms with E-state index in [0.29, 0.717) is 16.3 Å². The van der Waals surface area contributed by atoms with Crippen LogP contribution >= 0.6 is 23.7 Å². The molecule has 1 atom stereocenters. The Bertz CT molecular complexity index is 761. The standard InChI is InChI=1S/C16H14ClF3N4S/c1-23(14-7-11(8-21)9-22-10-14)25-24(2)15(16(18,19)20)12-3-5-13(17)6-4-12/h3-7,9-10,15H,1-2H3. The molecule has 0 aliphatic heterocycles. The zero-order valence-corrected chi connectivity index (χ0v) is 14.9. The summed E-state index contributed by atoms with van der Waals surface area (Å²) in [6.45, 7) is 0. The quantitative estimate of drug-likeness (QED) is 0.688. The van der Waals surface area contributed by atoms with Crippen molar-refractivity contribution in [3.63, 3.8) is 0 Å². The van der Waals surface area contributed by atoms with Crippen LogP contribution in [0.5, 0.6) is 0 Å². The predicted molar refractivity (Wildman–Crippen MR) is 93.0 cm³/mol. The highest BCUT2D eigenvalue weighted by atomic mass is 35.5. The second kappa shape index (κ2) is 7.95. The molecular weight excluding hydrogens is 373 g/mol. The van der Waals surface area contributed by atoms with E-state index in [4.69, 9.17) is 16.9 Å². The highest BCUT2D eigenvalue weighted by molar-refractivity contribution is 7.98. The molecule has 4 nitrogen and oxygen atoms in total. The number of nitrogens with zero attached hydrogens (tertiary/aromatic N) is 4. The molecule has 0 fully saturated rings. The normalized spacial score (nSPS) is 12.7. The van der Waals surface area contributed by atoms with E-state index in [1.807, 2.05) is 6.07 Å². The Morgan fingerprint density at radius 3 is 2.40 bits per heavy atom. The Hall–Kier alpha value is -1.95. The first-order valence-corrected chi connectivity index (χ1v) is 8.15. The van der Waals surface area contributed by atoms with Crippen LogP contribution in [0.2, 0.25) is 5.02 Å². The van der Waals surface area contributed by atoms with Gasteiger partial charge in [-0.2, -0.15) is 18.4 Å². The first-order chi connectivity index (χ1) is 11.7. The van der Waals surface area contributed by atoms with Gasteiger partial charge in [0.25, 0.3) is 0 Å². The van der Waals surface area contributed by atoms with Gasteiger partial charge in [-0.1, -0.05) is 23.7 Å². The van der Waals surface area contributed by atoms with Crippen LogP contribution in [-0.4, -0.2) is 29.6 Å². The van der Waals surface area contributed by atoms with E-state index >= 15 is 0 Å². The number of aromatic nitrogens is 1. The van der Waals surface area contributed by atoms with E-state index in [2.05, 4.69) is 4.98 Å². The molecule has 1 unspecified atom stereocenters. The van der Waals surface area contributed by atoms with Gasteiger partial charge in [-0.15, -0.1) is 0 Å². The molecule has 0 aliphatic carbocycles. The van der Waals surface area contributed by atoms with Crippen LogP contribution in [0.3, 0.4) is 0 Å². The fraction of sp³-hybridized carbons (Fsp3) is 0.250. The molecular formula is C16H14ClF3N4S. The number of rotatable bonds is 5. The minimum absolute atomic E-state index is 0.0872. The topological polar surface area (TPSA) is 43.2 Å². The molecule has 0 radical (unpaired) electrons. The molecule has 132 valence electrons. The van der Waals surface area contributed by atoms with Crippen molar-refractivity contribution in [2.24, 2.45) is 0 Å². The Morgan fingerprint density at radius 1 is 1.20 bits per heavy atom. The zero-order chi connectivity index (χ0) is 18.6. The number of nitriles is 1. The Morgan fingerprint density at radius 2 is 1.84 bits per heavy atom. The summed E-state index contributed by atoms with van der Waals surface area (Å²) in [5.74, 6) is 0. The number of alkyl halides is 3. The summed E-state index contributed by atoms with van der Waals surface area (Å²) in [5.41, 5.74) is 0.940. The number of hydrogen-bond acceptors (Lipinski definition) is 5. The second-order valence-electron chi connectivity index (χ2n) is 5.16.